The first-order valence-electron chi connectivity index (χ1n) is 33.3. The Hall–Kier alpha value is -8.44. The molecule has 0 saturated heterocycles. The zero-order chi connectivity index (χ0) is 60.6. The highest BCUT2D eigenvalue weighted by atomic mass is 14.9. The van der Waals surface area contributed by atoms with Crippen molar-refractivity contribution >= 4 is 81.9 Å². The standard InChI is InChI=1S/C84H78N4/c1-14-83(15-2,16-3)45-36-55-56-40-64-66(61(43-82(10,11)12)78(56)87-65-41-63(86-13)74-68-49-30-22-26-34-53(49)69(54-35-27-23-31-50(54)68)75(74)71(65)58(38-45)77(55)87)57-37-46(84(17-4,18-5)19-6)39-59-73-76-70-51-32-24-20-28-47(51)67(48-29-21-25-33-52(48)70)72(76)62(44-85)60(42-81(7,8)9)80(73)88(64)79(57)59/h20-41,67-70H,14-19,42-43H2,1-12H3. The van der Waals surface area contributed by atoms with Crippen LogP contribution in [0.4, 0.5) is 5.69 Å². The highest BCUT2D eigenvalue weighted by molar-refractivity contribution is 6.32. The first-order chi connectivity index (χ1) is 42.5. The van der Waals surface area contributed by atoms with Crippen molar-refractivity contribution in [2.75, 3.05) is 0 Å². The summed E-state index contributed by atoms with van der Waals surface area (Å²) in [6.45, 7) is 38.1. The van der Waals surface area contributed by atoms with Crippen LogP contribution < -0.4 is 0 Å². The Balaban J connectivity index is 1.13. The molecule has 0 radical (unpaired) electrons. The van der Waals surface area contributed by atoms with E-state index in [0.29, 0.717) is 0 Å². The van der Waals surface area contributed by atoms with Gasteiger partial charge in [-0.15, -0.1) is 0 Å². The highest BCUT2D eigenvalue weighted by Gasteiger charge is 2.48. The molecule has 4 bridgehead atoms. The molecule has 0 amide bonds. The van der Waals surface area contributed by atoms with E-state index in [4.69, 9.17) is 0 Å². The lowest BCUT2D eigenvalue weighted by molar-refractivity contribution is 0.382. The zero-order valence-electron chi connectivity index (χ0n) is 53.5. The van der Waals surface area contributed by atoms with E-state index < -0.39 is 0 Å². The second kappa shape index (κ2) is 18.1. The van der Waals surface area contributed by atoms with E-state index in [9.17, 15) is 11.8 Å². The van der Waals surface area contributed by atoms with Crippen LogP contribution in [0.3, 0.4) is 0 Å². The molecule has 4 nitrogen and oxygen atoms in total. The van der Waals surface area contributed by atoms with Crippen LogP contribution >= 0.6 is 0 Å². The van der Waals surface area contributed by atoms with Crippen LogP contribution in [0.5, 0.6) is 0 Å². The van der Waals surface area contributed by atoms with Crippen LogP contribution in [0.15, 0.2) is 133 Å². The van der Waals surface area contributed by atoms with Crippen molar-refractivity contribution in [2.24, 2.45) is 10.8 Å². The summed E-state index contributed by atoms with van der Waals surface area (Å²) in [5.74, 6) is -0.0826. The van der Waals surface area contributed by atoms with Gasteiger partial charge in [0.2, 0.25) is 0 Å². The average molecular weight is 1140 g/mol. The molecule has 19 rings (SSSR count). The van der Waals surface area contributed by atoms with Crippen molar-refractivity contribution in [3.05, 3.63) is 239 Å². The maximum Gasteiger partial charge on any atom is 0.193 e. The van der Waals surface area contributed by atoms with Gasteiger partial charge in [-0.05, 0) is 198 Å². The Labute approximate surface area is 518 Å². The lowest BCUT2D eigenvalue weighted by atomic mass is 9.59. The third-order valence-corrected chi connectivity index (χ3v) is 23.7. The Morgan fingerprint density at radius 1 is 0.409 bits per heavy atom. The molecular formula is C84H78N4. The predicted molar refractivity (Wildman–Crippen MR) is 368 cm³/mol. The van der Waals surface area contributed by atoms with E-state index in [1.165, 1.54) is 160 Å². The van der Waals surface area contributed by atoms with Crippen molar-refractivity contribution in [1.82, 2.24) is 8.80 Å². The summed E-state index contributed by atoms with van der Waals surface area (Å²) in [6.07, 6.45) is 7.84. The fourth-order valence-corrected chi connectivity index (χ4v) is 19.6. The molecule has 0 N–H and O–H groups in total. The molecule has 4 aromatic heterocycles. The molecule has 4 heteroatoms. The number of hydrogen-bond acceptors (Lipinski definition) is 1. The molecule has 13 aromatic rings. The minimum atomic E-state index is -0.131. The van der Waals surface area contributed by atoms with Gasteiger partial charge in [-0.2, -0.15) is 5.26 Å². The van der Waals surface area contributed by atoms with E-state index in [1.807, 2.05) is 0 Å². The Morgan fingerprint density at radius 2 is 0.761 bits per heavy atom. The number of rotatable bonds is 10. The minimum Gasteiger partial charge on any atom is -0.309 e. The van der Waals surface area contributed by atoms with Crippen LogP contribution in [0.1, 0.15) is 240 Å². The second-order valence-corrected chi connectivity index (χ2v) is 29.8. The van der Waals surface area contributed by atoms with Crippen LogP contribution in [-0.2, 0) is 23.7 Å². The van der Waals surface area contributed by atoms with Crippen LogP contribution in [0.25, 0.3) is 81.0 Å². The van der Waals surface area contributed by atoms with E-state index in [1.54, 1.807) is 0 Å². The highest BCUT2D eigenvalue weighted by Crippen LogP contribution is 2.64. The molecule has 6 aliphatic rings. The summed E-state index contributed by atoms with van der Waals surface area (Å²) in [5, 5.41) is 22.8. The molecule has 0 fully saturated rings. The summed E-state index contributed by atoms with van der Waals surface area (Å²) in [7, 11) is 0. The van der Waals surface area contributed by atoms with E-state index in [-0.39, 0.29) is 45.3 Å². The number of fused-ring (bicyclic) bond motifs is 12. The first kappa shape index (κ1) is 53.8. The summed E-state index contributed by atoms with van der Waals surface area (Å²) in [4.78, 5) is 4.61. The summed E-state index contributed by atoms with van der Waals surface area (Å²) < 4.78 is 5.43. The van der Waals surface area contributed by atoms with Gasteiger partial charge >= 0.3 is 0 Å². The first-order valence-corrected chi connectivity index (χ1v) is 33.3. The monoisotopic (exact) mass is 1140 g/mol. The normalized spacial score (nSPS) is 17.7. The Bertz CT molecular complexity index is 5190. The Kier molecular flexibility index (Phi) is 11.1. The van der Waals surface area contributed by atoms with Gasteiger partial charge in [0.25, 0.3) is 0 Å². The van der Waals surface area contributed by atoms with Gasteiger partial charge in [-0.25, -0.2) is 4.85 Å². The number of nitriles is 1. The molecule has 0 unspecified atom stereocenters. The molecule has 0 aliphatic heterocycles. The summed E-state index contributed by atoms with van der Waals surface area (Å²) in [5.41, 5.74) is 30.2. The molecule has 434 valence electrons. The van der Waals surface area contributed by atoms with Gasteiger partial charge in [-0.3, -0.25) is 0 Å². The van der Waals surface area contributed by atoms with Gasteiger partial charge in [-0.1, -0.05) is 180 Å². The molecule has 0 spiro atoms. The molecular weight excluding hydrogens is 1060 g/mol. The van der Waals surface area contributed by atoms with Crippen molar-refractivity contribution in [1.29, 1.82) is 5.26 Å². The SMILES string of the molecule is [C-]#[N+]c1cc2c(c3c1C1c4ccccc4C3c3ccccc31)c1cc(C(CC)(CC)CC)cc3c4cc5c(c(CC(C)(C)C)c4n2c31)c1cc(C(CC)(CC)CC)cc2c3c4c(c(C#N)c(CC(C)(C)C)c3n5c12)C1c2ccccc2C4c2ccccc21. The van der Waals surface area contributed by atoms with E-state index in [0.717, 1.165) is 68.1 Å². The topological polar surface area (TPSA) is 37.0 Å². The number of benzene rings is 9. The largest absolute Gasteiger partial charge is 0.309 e. The lowest BCUT2D eigenvalue weighted by Crippen LogP contribution is -2.29. The average Bonchev–Trinajstić information content (AvgIpc) is 1.41. The van der Waals surface area contributed by atoms with E-state index in [2.05, 4.69) is 236 Å². The maximum absolute atomic E-state index is 12.2. The third-order valence-electron chi connectivity index (χ3n) is 23.7. The lowest BCUT2D eigenvalue weighted by Gasteiger charge is -2.43. The second-order valence-electron chi connectivity index (χ2n) is 29.8. The maximum atomic E-state index is 12.2. The predicted octanol–water partition coefficient (Wildman–Crippen LogP) is 22.5. The van der Waals surface area contributed by atoms with Gasteiger partial charge in [0.05, 0.1) is 45.8 Å². The fourth-order valence-electron chi connectivity index (χ4n) is 19.6. The molecule has 9 aromatic carbocycles. The van der Waals surface area contributed by atoms with Crippen molar-refractivity contribution < 1.29 is 0 Å². The molecule has 0 atom stereocenters. The molecule has 88 heavy (non-hydrogen) atoms. The molecule has 0 saturated carbocycles. The van der Waals surface area contributed by atoms with Gasteiger partial charge < -0.3 is 8.80 Å². The summed E-state index contributed by atoms with van der Waals surface area (Å²) >= 11 is 0. The van der Waals surface area contributed by atoms with Crippen molar-refractivity contribution in [2.45, 2.75) is 169 Å². The molecule has 4 heterocycles. The minimum absolute atomic E-state index is 0.00122. The Morgan fingerprint density at radius 3 is 1.19 bits per heavy atom. The fraction of sp³-hybridized carbons (Fsp3) is 0.333. The number of hydrogen-bond donors (Lipinski definition) is 0. The number of nitrogens with zero attached hydrogens (tertiary/aromatic N) is 4. The quantitative estimate of drug-likeness (QED) is 0.126. The third kappa shape index (κ3) is 6.54. The van der Waals surface area contributed by atoms with E-state index >= 15 is 0 Å². The van der Waals surface area contributed by atoms with Gasteiger partial charge in [0.1, 0.15) is 0 Å². The van der Waals surface area contributed by atoms with Crippen LogP contribution in [0, 0.1) is 28.7 Å². The number of aromatic nitrogens is 2. The van der Waals surface area contributed by atoms with Crippen LogP contribution in [-0.4, -0.2) is 8.80 Å². The zero-order valence-corrected chi connectivity index (χ0v) is 53.5. The summed E-state index contributed by atoms with van der Waals surface area (Å²) in [6, 6.07) is 55.3. The smallest absolute Gasteiger partial charge is 0.193 e. The van der Waals surface area contributed by atoms with Crippen LogP contribution in [0.2, 0.25) is 0 Å². The van der Waals surface area contributed by atoms with Gasteiger partial charge in [0.15, 0.2) is 5.69 Å². The van der Waals surface area contributed by atoms with Gasteiger partial charge in [0, 0.05) is 72.3 Å². The van der Waals surface area contributed by atoms with Crippen molar-refractivity contribution in [3.63, 3.8) is 0 Å². The molecule has 6 aliphatic carbocycles. The van der Waals surface area contributed by atoms with Crippen molar-refractivity contribution in [3.8, 4) is 6.07 Å².